The smallest absolute Gasteiger partial charge is 0.191 e. The molecular formula is C23H34N4O. The predicted molar refractivity (Wildman–Crippen MR) is 118 cm³/mol. The summed E-state index contributed by atoms with van der Waals surface area (Å²) in [6.45, 7) is 4.81. The number of nitrogens with zero attached hydrogens (tertiary/aromatic N) is 2. The molecule has 0 spiro atoms. The van der Waals surface area contributed by atoms with Crippen LogP contribution in [0.25, 0.3) is 0 Å². The summed E-state index contributed by atoms with van der Waals surface area (Å²) < 4.78 is 5.23. The van der Waals surface area contributed by atoms with Crippen molar-refractivity contribution in [1.29, 1.82) is 0 Å². The summed E-state index contributed by atoms with van der Waals surface area (Å²) in [5.41, 5.74) is 3.96. The van der Waals surface area contributed by atoms with Gasteiger partial charge in [-0.05, 0) is 55.3 Å². The Hall–Kier alpha value is -2.53. The van der Waals surface area contributed by atoms with Gasteiger partial charge in [0.1, 0.15) is 5.75 Å². The molecule has 5 nitrogen and oxygen atoms in total. The van der Waals surface area contributed by atoms with E-state index in [9.17, 15) is 0 Å². The minimum atomic E-state index is 0.470. The van der Waals surface area contributed by atoms with Crippen LogP contribution in [0.1, 0.15) is 36.0 Å². The number of methoxy groups -OCH3 is 1. The molecule has 0 aliphatic carbocycles. The van der Waals surface area contributed by atoms with Gasteiger partial charge >= 0.3 is 0 Å². The summed E-state index contributed by atoms with van der Waals surface area (Å²) in [7, 11) is 7.69. The Balaban J connectivity index is 1.81. The van der Waals surface area contributed by atoms with Gasteiger partial charge in [0.05, 0.1) is 7.11 Å². The van der Waals surface area contributed by atoms with E-state index < -0.39 is 0 Å². The van der Waals surface area contributed by atoms with Gasteiger partial charge in [-0.2, -0.15) is 0 Å². The Labute approximate surface area is 169 Å². The quantitative estimate of drug-likeness (QED) is 0.514. The lowest BCUT2D eigenvalue weighted by Gasteiger charge is -2.17. The van der Waals surface area contributed by atoms with Crippen LogP contribution in [0.2, 0.25) is 0 Å². The maximum absolute atomic E-state index is 5.23. The van der Waals surface area contributed by atoms with E-state index >= 15 is 0 Å². The summed E-state index contributed by atoms with van der Waals surface area (Å²) in [5.74, 6) is 2.20. The molecule has 0 aliphatic rings. The molecule has 0 aromatic heterocycles. The van der Waals surface area contributed by atoms with Gasteiger partial charge in [-0.1, -0.05) is 43.3 Å². The maximum Gasteiger partial charge on any atom is 0.191 e. The fourth-order valence-electron chi connectivity index (χ4n) is 3.13. The van der Waals surface area contributed by atoms with E-state index in [-0.39, 0.29) is 0 Å². The standard InChI is InChI=1S/C23H34N4O/c1-18(19-10-12-22(28-5)13-11-19)14-15-25-23(24-2)26-16-20-8-6-7-9-21(20)17-27(3)4/h6-13,18H,14-17H2,1-5H3,(H2,24,25,26). The second-order valence-electron chi connectivity index (χ2n) is 7.32. The molecule has 0 saturated heterocycles. The third-order valence-corrected chi connectivity index (χ3v) is 4.83. The number of nitrogens with one attached hydrogen (secondary N) is 2. The molecule has 2 N–H and O–H groups in total. The Bertz CT molecular complexity index is 741. The minimum absolute atomic E-state index is 0.470. The van der Waals surface area contributed by atoms with Crippen molar-refractivity contribution >= 4 is 5.96 Å². The number of ether oxygens (including phenoxy) is 1. The van der Waals surface area contributed by atoms with Crippen LogP contribution >= 0.6 is 0 Å². The molecule has 5 heteroatoms. The Morgan fingerprint density at radius 2 is 1.71 bits per heavy atom. The molecular weight excluding hydrogens is 348 g/mol. The van der Waals surface area contributed by atoms with Crippen molar-refractivity contribution < 1.29 is 4.74 Å². The zero-order chi connectivity index (χ0) is 20.4. The van der Waals surface area contributed by atoms with E-state index in [2.05, 4.69) is 77.9 Å². The normalized spacial score (nSPS) is 12.7. The Kier molecular flexibility index (Phi) is 8.82. The van der Waals surface area contributed by atoms with E-state index in [0.717, 1.165) is 37.8 Å². The highest BCUT2D eigenvalue weighted by Crippen LogP contribution is 2.21. The van der Waals surface area contributed by atoms with Crippen LogP contribution in [0, 0.1) is 0 Å². The molecule has 0 saturated carbocycles. The first kappa shape index (κ1) is 21.8. The van der Waals surface area contributed by atoms with E-state index in [1.54, 1.807) is 7.11 Å². The molecule has 152 valence electrons. The van der Waals surface area contributed by atoms with Crippen molar-refractivity contribution in [2.45, 2.75) is 32.4 Å². The van der Waals surface area contributed by atoms with Crippen molar-refractivity contribution in [2.24, 2.45) is 4.99 Å². The second kappa shape index (κ2) is 11.3. The van der Waals surface area contributed by atoms with Crippen molar-refractivity contribution in [3.8, 4) is 5.75 Å². The fourth-order valence-corrected chi connectivity index (χ4v) is 3.13. The molecule has 2 aromatic rings. The number of benzene rings is 2. The first-order valence-electron chi connectivity index (χ1n) is 9.83. The largest absolute Gasteiger partial charge is 0.497 e. The van der Waals surface area contributed by atoms with Crippen molar-refractivity contribution in [1.82, 2.24) is 15.5 Å². The van der Waals surface area contributed by atoms with Crippen LogP contribution in [0.3, 0.4) is 0 Å². The number of guanidine groups is 1. The second-order valence-corrected chi connectivity index (χ2v) is 7.32. The highest BCUT2D eigenvalue weighted by atomic mass is 16.5. The van der Waals surface area contributed by atoms with Crippen LogP contribution in [0.5, 0.6) is 5.75 Å². The van der Waals surface area contributed by atoms with E-state index in [0.29, 0.717) is 5.92 Å². The molecule has 28 heavy (non-hydrogen) atoms. The SMILES string of the molecule is CN=C(NCCC(C)c1ccc(OC)cc1)NCc1ccccc1CN(C)C. The Morgan fingerprint density at radius 1 is 1.04 bits per heavy atom. The highest BCUT2D eigenvalue weighted by molar-refractivity contribution is 5.79. The first-order valence-corrected chi connectivity index (χ1v) is 9.83. The number of aliphatic imine (C=N–C) groups is 1. The van der Waals surface area contributed by atoms with Crippen LogP contribution in [0.15, 0.2) is 53.5 Å². The molecule has 0 fully saturated rings. The van der Waals surface area contributed by atoms with Crippen LogP contribution in [-0.2, 0) is 13.1 Å². The summed E-state index contributed by atoms with van der Waals surface area (Å²) >= 11 is 0. The summed E-state index contributed by atoms with van der Waals surface area (Å²) in [5, 5.41) is 6.86. The Morgan fingerprint density at radius 3 is 2.32 bits per heavy atom. The monoisotopic (exact) mass is 382 g/mol. The van der Waals surface area contributed by atoms with Gasteiger partial charge in [-0.15, -0.1) is 0 Å². The van der Waals surface area contributed by atoms with Gasteiger partial charge in [0.15, 0.2) is 5.96 Å². The predicted octanol–water partition coefficient (Wildman–Crippen LogP) is 3.62. The molecule has 0 aliphatic heterocycles. The van der Waals surface area contributed by atoms with Gasteiger partial charge in [-0.25, -0.2) is 0 Å². The fraction of sp³-hybridized carbons (Fsp3) is 0.435. The van der Waals surface area contributed by atoms with Gasteiger partial charge in [0.25, 0.3) is 0 Å². The zero-order valence-corrected chi connectivity index (χ0v) is 17.8. The molecule has 2 rings (SSSR count). The van der Waals surface area contributed by atoms with Crippen molar-refractivity contribution in [2.75, 3.05) is 34.8 Å². The van der Waals surface area contributed by atoms with Gasteiger partial charge in [0.2, 0.25) is 0 Å². The minimum Gasteiger partial charge on any atom is -0.497 e. The van der Waals surface area contributed by atoms with Crippen molar-refractivity contribution in [3.05, 3.63) is 65.2 Å². The molecule has 0 heterocycles. The van der Waals surface area contributed by atoms with E-state index in [1.165, 1.54) is 16.7 Å². The zero-order valence-electron chi connectivity index (χ0n) is 17.8. The maximum atomic E-state index is 5.23. The lowest BCUT2D eigenvalue weighted by atomic mass is 9.98. The molecule has 1 atom stereocenters. The number of rotatable bonds is 9. The summed E-state index contributed by atoms with van der Waals surface area (Å²) in [4.78, 5) is 6.54. The number of hydrogen-bond donors (Lipinski definition) is 2. The highest BCUT2D eigenvalue weighted by Gasteiger charge is 2.07. The third kappa shape index (κ3) is 6.89. The topological polar surface area (TPSA) is 48.9 Å². The summed E-state index contributed by atoms with van der Waals surface area (Å²) in [6, 6.07) is 16.8. The van der Waals surface area contributed by atoms with Gasteiger partial charge in [0, 0.05) is 26.7 Å². The van der Waals surface area contributed by atoms with E-state index in [1.807, 2.05) is 19.2 Å². The lowest BCUT2D eigenvalue weighted by Crippen LogP contribution is -2.37. The van der Waals surface area contributed by atoms with Crippen LogP contribution in [-0.4, -0.2) is 45.7 Å². The van der Waals surface area contributed by atoms with E-state index in [4.69, 9.17) is 4.74 Å². The first-order chi connectivity index (χ1) is 13.5. The third-order valence-electron chi connectivity index (χ3n) is 4.83. The summed E-state index contributed by atoms with van der Waals surface area (Å²) in [6.07, 6.45) is 1.03. The number of hydrogen-bond acceptors (Lipinski definition) is 3. The molecule has 0 bridgehead atoms. The molecule has 1 unspecified atom stereocenters. The van der Waals surface area contributed by atoms with Gasteiger partial charge in [-0.3, -0.25) is 4.99 Å². The van der Waals surface area contributed by atoms with Crippen molar-refractivity contribution in [3.63, 3.8) is 0 Å². The van der Waals surface area contributed by atoms with Gasteiger partial charge < -0.3 is 20.3 Å². The molecule has 0 radical (unpaired) electrons. The molecule has 2 aromatic carbocycles. The van der Waals surface area contributed by atoms with Crippen LogP contribution < -0.4 is 15.4 Å². The van der Waals surface area contributed by atoms with Crippen LogP contribution in [0.4, 0.5) is 0 Å². The average molecular weight is 383 g/mol. The lowest BCUT2D eigenvalue weighted by molar-refractivity contribution is 0.400. The average Bonchev–Trinajstić information content (AvgIpc) is 2.71. The molecule has 0 amide bonds.